The average molecular weight is 926 g/mol. The van der Waals surface area contributed by atoms with Gasteiger partial charge in [0.1, 0.15) is 22.4 Å². The molecule has 17 heteroatoms. The quantitative estimate of drug-likeness (QED) is 0.0281. The molecule has 0 unspecified atom stereocenters. The van der Waals surface area contributed by atoms with Gasteiger partial charge in [0, 0.05) is 26.2 Å². The Morgan fingerprint density at radius 2 is 0.587 bits per heavy atom. The van der Waals surface area contributed by atoms with Crippen LogP contribution in [0.3, 0.4) is 0 Å². The number of unbranched alkanes of at least 4 members (excludes halogenated alkanes) is 16. The third-order valence-corrected chi connectivity index (χ3v) is 8.62. The van der Waals surface area contributed by atoms with Gasteiger partial charge >= 0.3 is 24.4 Å². The van der Waals surface area contributed by atoms with Crippen LogP contribution in [0.4, 0.5) is 19.2 Å². The van der Waals surface area contributed by atoms with E-state index >= 15 is 0 Å². The number of nitrogens with one attached hydrogen (secondary N) is 4. The lowest BCUT2D eigenvalue weighted by Crippen LogP contribution is -2.33. The Labute approximate surface area is 384 Å². The number of carbonyl (C=O) groups is 4. The van der Waals surface area contributed by atoms with Crippen LogP contribution in [-0.4, -0.2) is 101 Å². The van der Waals surface area contributed by atoms with Gasteiger partial charge < -0.3 is 45.9 Å². The van der Waals surface area contributed by atoms with Crippen LogP contribution in [0.25, 0.3) is 0 Å². The highest BCUT2D eigenvalue weighted by Crippen LogP contribution is 2.13. The zero-order valence-corrected chi connectivity index (χ0v) is 43.0. The first-order chi connectivity index (χ1) is 29.1. The highest BCUT2D eigenvalue weighted by atomic mass is 32.2. The van der Waals surface area contributed by atoms with E-state index in [0.717, 1.165) is 83.4 Å². The zero-order chi connectivity index (χ0) is 48.9. The van der Waals surface area contributed by atoms with Crippen LogP contribution in [-0.2, 0) is 33.2 Å². The van der Waals surface area contributed by atoms with E-state index in [4.69, 9.17) is 24.7 Å². The van der Waals surface area contributed by atoms with Gasteiger partial charge in [0.15, 0.2) is 0 Å². The van der Waals surface area contributed by atoms with Crippen LogP contribution in [0.5, 0.6) is 0 Å². The first-order valence-electron chi connectivity index (χ1n) is 23.5. The molecular weight excluding hydrogens is 831 g/mol. The molecule has 0 aliphatic rings. The fraction of sp³-hybridized carbons (Fsp3) is 0.913. The van der Waals surface area contributed by atoms with Gasteiger partial charge in [-0.3, -0.25) is 4.18 Å². The monoisotopic (exact) mass is 926 g/mol. The highest BCUT2D eigenvalue weighted by molar-refractivity contribution is 7.85. The van der Waals surface area contributed by atoms with Crippen molar-refractivity contribution >= 4 is 34.5 Å². The summed E-state index contributed by atoms with van der Waals surface area (Å²) in [6, 6.07) is 0. The number of hydrogen-bond donors (Lipinski definition) is 5. The SMILES string of the molecule is CC(C)(C)OC(=O)NCCCCCCCCCCCCCNC(=O)OC(C)(C)C.CC(C)(C)OC(=O)NCCCCCCN.CC(C)(C)OC(=O)NCCCCCCOS(C)(=O)=O. The Bertz CT molecular complexity index is 1230. The number of rotatable bonds is 28. The minimum absolute atomic E-state index is 0.221. The van der Waals surface area contributed by atoms with Crippen LogP contribution >= 0.6 is 0 Å². The van der Waals surface area contributed by atoms with Crippen molar-refractivity contribution in [3.63, 3.8) is 0 Å². The maximum Gasteiger partial charge on any atom is 0.407 e. The van der Waals surface area contributed by atoms with Crippen LogP contribution in [0, 0.1) is 0 Å². The summed E-state index contributed by atoms with van der Waals surface area (Å²) in [5.41, 5.74) is 3.62. The Hall–Kier alpha value is -3.05. The van der Waals surface area contributed by atoms with Crippen molar-refractivity contribution in [1.29, 1.82) is 0 Å². The number of hydrogen-bond acceptors (Lipinski definition) is 12. The molecule has 0 spiro atoms. The van der Waals surface area contributed by atoms with E-state index in [2.05, 4.69) is 25.5 Å². The fourth-order valence-electron chi connectivity index (χ4n) is 5.27. The molecule has 0 rings (SSSR count). The lowest BCUT2D eigenvalue weighted by atomic mass is 10.1. The lowest BCUT2D eigenvalue weighted by molar-refractivity contribution is 0.0515. The molecule has 0 saturated carbocycles. The molecule has 0 aliphatic heterocycles. The van der Waals surface area contributed by atoms with E-state index in [9.17, 15) is 27.6 Å². The zero-order valence-electron chi connectivity index (χ0n) is 42.2. The molecule has 0 fully saturated rings. The fourth-order valence-corrected chi connectivity index (χ4v) is 5.69. The van der Waals surface area contributed by atoms with Crippen molar-refractivity contribution in [2.75, 3.05) is 45.6 Å². The van der Waals surface area contributed by atoms with Crippen molar-refractivity contribution in [1.82, 2.24) is 21.3 Å². The van der Waals surface area contributed by atoms with E-state index in [1.54, 1.807) is 0 Å². The Balaban J connectivity index is -0.000000915. The van der Waals surface area contributed by atoms with E-state index in [1.165, 1.54) is 44.9 Å². The van der Waals surface area contributed by atoms with Crippen molar-refractivity contribution in [2.45, 2.75) is 227 Å². The van der Waals surface area contributed by atoms with Crippen LogP contribution in [0.1, 0.15) is 205 Å². The van der Waals surface area contributed by atoms with Crippen LogP contribution in [0.15, 0.2) is 0 Å². The van der Waals surface area contributed by atoms with Gasteiger partial charge in [-0.2, -0.15) is 8.42 Å². The van der Waals surface area contributed by atoms with Gasteiger partial charge in [-0.1, -0.05) is 83.5 Å². The van der Waals surface area contributed by atoms with Crippen molar-refractivity contribution in [2.24, 2.45) is 5.73 Å². The summed E-state index contributed by atoms with van der Waals surface area (Å²) < 4.78 is 46.5. The normalized spacial score (nSPS) is 11.8. The summed E-state index contributed by atoms with van der Waals surface area (Å²) >= 11 is 0. The molecule has 0 radical (unpaired) electrons. The van der Waals surface area contributed by atoms with Crippen LogP contribution < -0.4 is 27.0 Å². The Kier molecular flexibility index (Phi) is 37.9. The minimum atomic E-state index is -3.32. The molecule has 376 valence electrons. The summed E-state index contributed by atoms with van der Waals surface area (Å²) in [7, 11) is -3.32. The van der Waals surface area contributed by atoms with Gasteiger partial charge in [0.25, 0.3) is 10.1 Å². The second-order valence-electron chi connectivity index (χ2n) is 19.7. The van der Waals surface area contributed by atoms with Gasteiger partial charge in [0.05, 0.1) is 12.9 Å². The molecule has 0 atom stereocenters. The number of carbonyl (C=O) groups excluding carboxylic acids is 4. The number of ether oxygens (including phenoxy) is 4. The van der Waals surface area contributed by atoms with Gasteiger partial charge in [-0.15, -0.1) is 0 Å². The van der Waals surface area contributed by atoms with Gasteiger partial charge in [0.2, 0.25) is 0 Å². The van der Waals surface area contributed by atoms with Gasteiger partial charge in [-0.05, 0) is 128 Å². The molecule has 4 amide bonds. The molecule has 0 saturated heterocycles. The summed E-state index contributed by atoms with van der Waals surface area (Å²) in [6.45, 7) is 25.8. The smallest absolute Gasteiger partial charge is 0.407 e. The topological polar surface area (TPSA) is 223 Å². The van der Waals surface area contributed by atoms with E-state index in [0.29, 0.717) is 32.6 Å². The molecule has 0 aromatic carbocycles. The summed E-state index contributed by atoms with van der Waals surface area (Å²) in [6.07, 6.45) is 20.4. The maximum atomic E-state index is 11.5. The molecule has 0 aliphatic carbocycles. The van der Waals surface area contributed by atoms with E-state index in [-0.39, 0.29) is 24.9 Å². The van der Waals surface area contributed by atoms with Crippen LogP contribution in [0.2, 0.25) is 0 Å². The molecule has 16 nitrogen and oxygen atoms in total. The number of nitrogens with two attached hydrogens (primary N) is 1. The van der Waals surface area contributed by atoms with Crippen molar-refractivity contribution in [3.8, 4) is 0 Å². The largest absolute Gasteiger partial charge is 0.444 e. The van der Waals surface area contributed by atoms with Gasteiger partial charge in [-0.25, -0.2) is 19.2 Å². The molecule has 0 aromatic heterocycles. The molecular formula is C46H95N5O11S. The first-order valence-corrected chi connectivity index (χ1v) is 25.3. The Morgan fingerprint density at radius 3 is 0.794 bits per heavy atom. The second-order valence-corrected chi connectivity index (χ2v) is 21.4. The summed E-state index contributed by atoms with van der Waals surface area (Å²) in [4.78, 5) is 45.5. The summed E-state index contributed by atoms with van der Waals surface area (Å²) in [5.74, 6) is 0. The Morgan fingerprint density at radius 1 is 0.381 bits per heavy atom. The average Bonchev–Trinajstić information content (AvgIpc) is 3.09. The second kappa shape index (κ2) is 37.2. The highest BCUT2D eigenvalue weighted by Gasteiger charge is 2.18. The van der Waals surface area contributed by atoms with E-state index in [1.807, 2.05) is 83.1 Å². The molecule has 63 heavy (non-hydrogen) atoms. The first kappa shape index (κ1) is 64.2. The molecule has 6 N–H and O–H groups in total. The summed E-state index contributed by atoms with van der Waals surface area (Å²) in [5, 5.41) is 11.0. The predicted molar refractivity (Wildman–Crippen MR) is 255 cm³/mol. The predicted octanol–water partition coefficient (Wildman–Crippen LogP) is 10.4. The lowest BCUT2D eigenvalue weighted by Gasteiger charge is -2.19. The van der Waals surface area contributed by atoms with Crippen molar-refractivity contribution < 1.29 is 50.7 Å². The standard InChI is InChI=1S/C23H46N2O4.C12H25NO5S.C11H24N2O2/c1-22(2,3)28-20(26)24-18-16-14-12-10-8-7-9-11-13-15-17-19-25-21(27)29-23(4,5)6;1-12(2,3)18-11(14)13-9-7-5-6-8-10-17-19(4,15)16;1-11(2,3)15-10(14)13-9-7-5-4-6-8-12/h7-19H2,1-6H3,(H,24,26)(H,25,27);5-10H2,1-4H3,(H,13,14);4-9,12H2,1-3H3,(H,13,14). The maximum absolute atomic E-state index is 11.5. The number of alkyl carbamates (subject to hydrolysis) is 4. The van der Waals surface area contributed by atoms with Crippen molar-refractivity contribution in [3.05, 3.63) is 0 Å². The number of amides is 4. The third kappa shape index (κ3) is 63.3. The minimum Gasteiger partial charge on any atom is -0.444 e. The molecule has 0 aromatic rings. The third-order valence-electron chi connectivity index (χ3n) is 8.03. The molecule has 0 bridgehead atoms. The molecule has 0 heterocycles. The van der Waals surface area contributed by atoms with E-state index < -0.39 is 38.6 Å².